The number of thioether (sulfide) groups is 1. The fraction of sp³-hybridized carbons (Fsp3) is 0.450. The van der Waals surface area contributed by atoms with Gasteiger partial charge in [0.05, 0.1) is 18.0 Å². The monoisotopic (exact) mass is 418 g/mol. The van der Waals surface area contributed by atoms with Crippen LogP contribution in [0.4, 0.5) is 10.8 Å². The highest BCUT2D eigenvalue weighted by Gasteiger charge is 2.17. The lowest BCUT2D eigenvalue weighted by Gasteiger charge is -2.14. The second-order valence-corrected chi connectivity index (χ2v) is 9.17. The first kappa shape index (κ1) is 20.7. The summed E-state index contributed by atoms with van der Waals surface area (Å²) in [6, 6.07) is 7.65. The Morgan fingerprint density at radius 2 is 2.18 bits per heavy atom. The molecule has 0 saturated heterocycles. The summed E-state index contributed by atoms with van der Waals surface area (Å²) in [5, 5.41) is 15.1. The number of nitrogens with zero attached hydrogens (tertiary/aromatic N) is 2. The van der Waals surface area contributed by atoms with E-state index >= 15 is 0 Å². The molecule has 8 heteroatoms. The molecule has 3 rings (SSSR count). The van der Waals surface area contributed by atoms with E-state index in [-0.39, 0.29) is 11.2 Å². The number of carbonyl (C=O) groups excluding carboxylic acids is 1. The van der Waals surface area contributed by atoms with Crippen molar-refractivity contribution < 1.29 is 9.53 Å². The van der Waals surface area contributed by atoms with Crippen molar-refractivity contribution in [3.8, 4) is 5.75 Å². The highest BCUT2D eigenvalue weighted by molar-refractivity contribution is 8.02. The molecule has 150 valence electrons. The summed E-state index contributed by atoms with van der Waals surface area (Å²) in [4.78, 5) is 12.3. The summed E-state index contributed by atoms with van der Waals surface area (Å²) in [5.41, 5.74) is 2.31. The molecule has 0 saturated carbocycles. The Morgan fingerprint density at radius 1 is 1.32 bits per heavy atom. The van der Waals surface area contributed by atoms with E-state index < -0.39 is 0 Å². The van der Waals surface area contributed by atoms with E-state index in [0.29, 0.717) is 11.7 Å². The van der Waals surface area contributed by atoms with Crippen molar-refractivity contribution in [3.05, 3.63) is 35.9 Å². The number of hydrogen-bond donors (Lipinski definition) is 2. The van der Waals surface area contributed by atoms with Gasteiger partial charge in [-0.2, -0.15) is 0 Å². The number of benzene rings is 1. The predicted molar refractivity (Wildman–Crippen MR) is 116 cm³/mol. The number of amides is 1. The van der Waals surface area contributed by atoms with Crippen LogP contribution in [0.15, 0.2) is 40.3 Å². The zero-order valence-corrected chi connectivity index (χ0v) is 17.9. The third-order valence-corrected chi connectivity index (χ3v) is 6.56. The van der Waals surface area contributed by atoms with Crippen molar-refractivity contribution in [2.45, 2.75) is 48.6 Å². The molecule has 1 aromatic heterocycles. The normalized spacial score (nSPS) is 14.9. The quantitative estimate of drug-likeness (QED) is 0.451. The van der Waals surface area contributed by atoms with Crippen LogP contribution < -0.4 is 15.4 Å². The minimum atomic E-state index is -0.215. The summed E-state index contributed by atoms with van der Waals surface area (Å²) in [6.07, 6.45) is 8.19. The molecule has 0 bridgehead atoms. The molecule has 2 N–H and O–H groups in total. The average Bonchev–Trinajstić information content (AvgIpc) is 3.16. The fourth-order valence-electron chi connectivity index (χ4n) is 3.00. The molecule has 0 fully saturated rings. The molecule has 0 spiro atoms. The summed E-state index contributed by atoms with van der Waals surface area (Å²) in [6.45, 7) is 2.60. The van der Waals surface area contributed by atoms with Crippen LogP contribution in [0.25, 0.3) is 0 Å². The maximum Gasteiger partial charge on any atom is 0.233 e. The molecule has 28 heavy (non-hydrogen) atoms. The third kappa shape index (κ3) is 5.97. The number of carbonyl (C=O) groups is 1. The number of methoxy groups -OCH3 is 1. The lowest BCUT2D eigenvalue weighted by molar-refractivity contribution is -0.120. The van der Waals surface area contributed by atoms with Gasteiger partial charge in [-0.1, -0.05) is 46.9 Å². The number of aromatic nitrogens is 2. The lowest BCUT2D eigenvalue weighted by Crippen LogP contribution is -2.31. The van der Waals surface area contributed by atoms with Crippen LogP contribution in [0.3, 0.4) is 0 Å². The van der Waals surface area contributed by atoms with Gasteiger partial charge in [0.15, 0.2) is 4.34 Å². The number of allylic oxidation sites excluding steroid dienone is 1. The zero-order valence-electron chi connectivity index (χ0n) is 16.2. The molecule has 0 radical (unpaired) electrons. The standard InChI is InChI=1S/C20H26N4O2S2/c1-14(18(25)21-13-12-15-8-4-3-5-9-15)27-20-24-23-19(28-20)22-16-10-6-7-11-17(16)26-2/h6-8,10-11,14H,3-5,9,12-13H2,1-2H3,(H,21,25)(H,22,23)/t14-/m1/s1. The van der Waals surface area contributed by atoms with Gasteiger partial charge in [-0.25, -0.2) is 0 Å². The topological polar surface area (TPSA) is 76.1 Å². The van der Waals surface area contributed by atoms with Crippen molar-refractivity contribution in [1.29, 1.82) is 0 Å². The van der Waals surface area contributed by atoms with E-state index in [4.69, 9.17) is 4.74 Å². The first-order valence-corrected chi connectivity index (χ1v) is 11.2. The molecule has 1 aliphatic carbocycles. The predicted octanol–water partition coefficient (Wildman–Crippen LogP) is 4.78. The summed E-state index contributed by atoms with van der Waals surface area (Å²) >= 11 is 2.85. The second-order valence-electron chi connectivity index (χ2n) is 6.61. The van der Waals surface area contributed by atoms with Gasteiger partial charge in [-0.05, 0) is 51.2 Å². The van der Waals surface area contributed by atoms with Crippen LogP contribution in [-0.2, 0) is 4.79 Å². The molecular weight excluding hydrogens is 392 g/mol. The zero-order chi connectivity index (χ0) is 19.8. The average molecular weight is 419 g/mol. The van der Waals surface area contributed by atoms with Crippen molar-refractivity contribution in [2.24, 2.45) is 0 Å². The number of hydrogen-bond acceptors (Lipinski definition) is 7. The van der Waals surface area contributed by atoms with Crippen LogP contribution in [0, 0.1) is 0 Å². The van der Waals surface area contributed by atoms with Gasteiger partial charge in [-0.15, -0.1) is 10.2 Å². The van der Waals surface area contributed by atoms with Gasteiger partial charge < -0.3 is 15.4 Å². The summed E-state index contributed by atoms with van der Waals surface area (Å²) in [7, 11) is 1.63. The largest absolute Gasteiger partial charge is 0.495 e. The molecule has 1 atom stereocenters. The Kier molecular flexibility index (Phi) is 7.73. The van der Waals surface area contributed by atoms with Crippen molar-refractivity contribution in [2.75, 3.05) is 19.0 Å². The van der Waals surface area contributed by atoms with E-state index in [1.807, 2.05) is 31.2 Å². The van der Waals surface area contributed by atoms with E-state index in [2.05, 4.69) is 26.9 Å². The number of nitrogens with one attached hydrogen (secondary N) is 2. The Morgan fingerprint density at radius 3 is 2.96 bits per heavy atom. The molecule has 2 aromatic rings. The maximum atomic E-state index is 12.3. The fourth-order valence-corrected chi connectivity index (χ4v) is 4.93. The Hall–Kier alpha value is -2.06. The van der Waals surface area contributed by atoms with Gasteiger partial charge in [-0.3, -0.25) is 4.79 Å². The van der Waals surface area contributed by atoms with E-state index in [1.54, 1.807) is 7.11 Å². The molecular formula is C20H26N4O2S2. The Bertz CT molecular complexity index is 822. The van der Waals surface area contributed by atoms with Gasteiger partial charge in [0.2, 0.25) is 11.0 Å². The SMILES string of the molecule is COc1ccccc1Nc1nnc(S[C@H](C)C(=O)NCCC2=CCCCC2)s1. The van der Waals surface area contributed by atoms with Crippen LogP contribution in [0.5, 0.6) is 5.75 Å². The van der Waals surface area contributed by atoms with E-state index in [1.165, 1.54) is 54.4 Å². The molecule has 0 unspecified atom stereocenters. The minimum absolute atomic E-state index is 0.0378. The van der Waals surface area contributed by atoms with Gasteiger partial charge in [0, 0.05) is 6.54 Å². The molecule has 1 aliphatic rings. The smallest absolute Gasteiger partial charge is 0.233 e. The molecule has 1 amide bonds. The van der Waals surface area contributed by atoms with Crippen molar-refractivity contribution in [1.82, 2.24) is 15.5 Å². The van der Waals surface area contributed by atoms with Gasteiger partial charge in [0.25, 0.3) is 0 Å². The Balaban J connectivity index is 1.47. The molecule has 0 aliphatic heterocycles. The van der Waals surface area contributed by atoms with E-state index in [0.717, 1.165) is 22.2 Å². The summed E-state index contributed by atoms with van der Waals surface area (Å²) in [5.74, 6) is 0.781. The van der Waals surface area contributed by atoms with E-state index in [9.17, 15) is 4.79 Å². The number of ether oxygens (including phenoxy) is 1. The number of para-hydroxylation sites is 2. The lowest BCUT2D eigenvalue weighted by atomic mass is 9.97. The first-order chi connectivity index (χ1) is 13.7. The second kappa shape index (κ2) is 10.5. The van der Waals surface area contributed by atoms with Crippen molar-refractivity contribution in [3.63, 3.8) is 0 Å². The highest BCUT2D eigenvalue weighted by Crippen LogP contribution is 2.33. The van der Waals surface area contributed by atoms with Gasteiger partial charge >= 0.3 is 0 Å². The maximum absolute atomic E-state index is 12.3. The Labute approximate surface area is 174 Å². The first-order valence-electron chi connectivity index (χ1n) is 9.51. The van der Waals surface area contributed by atoms with Crippen molar-refractivity contribution >= 4 is 39.8 Å². The summed E-state index contributed by atoms with van der Waals surface area (Å²) < 4.78 is 6.09. The van der Waals surface area contributed by atoms with Gasteiger partial charge in [0.1, 0.15) is 5.75 Å². The van der Waals surface area contributed by atoms with Crippen LogP contribution >= 0.6 is 23.1 Å². The number of anilines is 2. The molecule has 1 aromatic carbocycles. The highest BCUT2D eigenvalue weighted by atomic mass is 32.2. The van der Waals surface area contributed by atoms with Crippen LogP contribution in [0.2, 0.25) is 0 Å². The molecule has 6 nitrogen and oxygen atoms in total. The van der Waals surface area contributed by atoms with Crippen LogP contribution in [0.1, 0.15) is 39.0 Å². The minimum Gasteiger partial charge on any atom is -0.495 e. The third-order valence-electron chi connectivity index (χ3n) is 4.53. The molecule has 1 heterocycles. The van der Waals surface area contributed by atoms with Crippen LogP contribution in [-0.4, -0.2) is 35.0 Å². The number of rotatable bonds is 9.